The van der Waals surface area contributed by atoms with E-state index >= 15 is 0 Å². The molecule has 0 bridgehead atoms. The van der Waals surface area contributed by atoms with Gasteiger partial charge in [-0.25, -0.2) is 9.79 Å². The van der Waals surface area contributed by atoms with Gasteiger partial charge in [0.2, 0.25) is 5.90 Å². The lowest BCUT2D eigenvalue weighted by atomic mass is 10.2. The predicted molar refractivity (Wildman–Crippen MR) is 82.9 cm³/mol. The van der Waals surface area contributed by atoms with Crippen molar-refractivity contribution in [3.63, 3.8) is 0 Å². The van der Waals surface area contributed by atoms with Crippen molar-refractivity contribution in [1.82, 2.24) is 0 Å². The van der Waals surface area contributed by atoms with Crippen LogP contribution < -0.4 is 4.74 Å². The van der Waals surface area contributed by atoms with Gasteiger partial charge in [-0.15, -0.1) is 11.3 Å². The van der Waals surface area contributed by atoms with Gasteiger partial charge in [-0.05, 0) is 35.7 Å². The molecule has 0 N–H and O–H groups in total. The zero-order valence-electron chi connectivity index (χ0n) is 11.0. The minimum Gasteiger partial charge on any atom is -0.497 e. The van der Waals surface area contributed by atoms with E-state index in [4.69, 9.17) is 21.1 Å². The van der Waals surface area contributed by atoms with Gasteiger partial charge in [0, 0.05) is 4.88 Å². The quantitative estimate of drug-likeness (QED) is 0.639. The van der Waals surface area contributed by atoms with Gasteiger partial charge < -0.3 is 9.47 Å². The fourth-order valence-electron chi connectivity index (χ4n) is 1.83. The molecule has 1 aliphatic rings. The number of halogens is 1. The molecule has 6 heteroatoms. The van der Waals surface area contributed by atoms with Gasteiger partial charge in [-0.3, -0.25) is 0 Å². The standard InChI is InChI=1S/C15H10ClNO3S/c1-19-9-4-5-11(12(16)7-9)14-17-13(15(18)20-14)8-10-3-2-6-21-10/h2-8H,1H3. The van der Waals surface area contributed by atoms with Crippen LogP contribution in [0.25, 0.3) is 6.08 Å². The highest BCUT2D eigenvalue weighted by Gasteiger charge is 2.25. The van der Waals surface area contributed by atoms with Gasteiger partial charge in [0.15, 0.2) is 5.70 Å². The van der Waals surface area contributed by atoms with Crippen LogP contribution in [0.3, 0.4) is 0 Å². The first-order valence-electron chi connectivity index (χ1n) is 6.07. The Bertz CT molecular complexity index is 750. The Balaban J connectivity index is 1.95. The molecule has 4 nitrogen and oxygen atoms in total. The van der Waals surface area contributed by atoms with Crippen LogP contribution in [0.2, 0.25) is 5.02 Å². The number of carbonyl (C=O) groups excluding carboxylic acids is 1. The second-order valence-electron chi connectivity index (χ2n) is 4.20. The molecule has 2 aromatic rings. The van der Waals surface area contributed by atoms with Crippen LogP contribution in [0.1, 0.15) is 10.4 Å². The number of carbonyl (C=O) groups is 1. The molecule has 2 heterocycles. The molecule has 1 aromatic carbocycles. The molecule has 0 aliphatic carbocycles. The summed E-state index contributed by atoms with van der Waals surface area (Å²) >= 11 is 7.68. The van der Waals surface area contributed by atoms with Crippen molar-refractivity contribution in [2.75, 3.05) is 7.11 Å². The van der Waals surface area contributed by atoms with Gasteiger partial charge in [0.1, 0.15) is 5.75 Å². The summed E-state index contributed by atoms with van der Waals surface area (Å²) in [6.45, 7) is 0. The monoisotopic (exact) mass is 319 g/mol. The maximum absolute atomic E-state index is 11.9. The predicted octanol–water partition coefficient (Wildman–Crippen LogP) is 3.75. The molecule has 0 atom stereocenters. The molecular weight excluding hydrogens is 310 g/mol. The van der Waals surface area contributed by atoms with Gasteiger partial charge in [0.05, 0.1) is 17.7 Å². The fraction of sp³-hybridized carbons (Fsp3) is 0.0667. The van der Waals surface area contributed by atoms with Crippen LogP contribution >= 0.6 is 22.9 Å². The SMILES string of the molecule is COc1ccc(C2=NC(=Cc3cccs3)C(=O)O2)c(Cl)c1. The Kier molecular flexibility index (Phi) is 3.77. The number of aliphatic imine (C=N–C) groups is 1. The maximum atomic E-state index is 11.9. The number of rotatable bonds is 3. The molecule has 3 rings (SSSR count). The minimum absolute atomic E-state index is 0.204. The number of esters is 1. The number of ether oxygens (including phenoxy) is 2. The van der Waals surface area contributed by atoms with Crippen LogP contribution in [-0.4, -0.2) is 19.0 Å². The van der Waals surface area contributed by atoms with Crippen molar-refractivity contribution in [1.29, 1.82) is 0 Å². The van der Waals surface area contributed by atoms with Gasteiger partial charge >= 0.3 is 5.97 Å². The Morgan fingerprint density at radius 1 is 1.38 bits per heavy atom. The third-order valence-corrected chi connectivity index (χ3v) is 3.98. The van der Waals surface area contributed by atoms with E-state index in [0.717, 1.165) is 4.88 Å². The topological polar surface area (TPSA) is 47.9 Å². The van der Waals surface area contributed by atoms with Gasteiger partial charge in [0.25, 0.3) is 0 Å². The van der Waals surface area contributed by atoms with E-state index in [2.05, 4.69) is 4.99 Å². The zero-order valence-corrected chi connectivity index (χ0v) is 12.6. The van der Waals surface area contributed by atoms with Crippen LogP contribution in [0.4, 0.5) is 0 Å². The fourth-order valence-corrected chi connectivity index (χ4v) is 2.73. The minimum atomic E-state index is -0.481. The lowest BCUT2D eigenvalue weighted by Crippen LogP contribution is -2.06. The normalized spacial score (nSPS) is 16.0. The summed E-state index contributed by atoms with van der Waals surface area (Å²) in [5, 5.41) is 2.34. The highest BCUT2D eigenvalue weighted by Crippen LogP contribution is 2.27. The lowest BCUT2D eigenvalue weighted by Gasteiger charge is -2.05. The summed E-state index contributed by atoms with van der Waals surface area (Å²) in [4.78, 5) is 17.0. The number of hydrogen-bond acceptors (Lipinski definition) is 5. The molecule has 0 fully saturated rings. The van der Waals surface area contributed by atoms with Crippen molar-refractivity contribution >= 4 is 40.9 Å². The van der Waals surface area contributed by atoms with E-state index in [9.17, 15) is 4.79 Å². The summed E-state index contributed by atoms with van der Waals surface area (Å²) < 4.78 is 10.3. The smallest absolute Gasteiger partial charge is 0.363 e. The van der Waals surface area contributed by atoms with E-state index in [1.165, 1.54) is 11.3 Å². The molecule has 1 aliphatic heterocycles. The number of benzene rings is 1. The first kappa shape index (κ1) is 13.9. The van der Waals surface area contributed by atoms with Crippen LogP contribution in [-0.2, 0) is 9.53 Å². The summed E-state index contributed by atoms with van der Waals surface area (Å²) in [5.41, 5.74) is 0.819. The van der Waals surface area contributed by atoms with Gasteiger partial charge in [-0.2, -0.15) is 0 Å². The van der Waals surface area contributed by atoms with Crippen molar-refractivity contribution in [2.45, 2.75) is 0 Å². The van der Waals surface area contributed by atoms with Crippen molar-refractivity contribution < 1.29 is 14.3 Å². The van der Waals surface area contributed by atoms with E-state index in [-0.39, 0.29) is 11.6 Å². The Morgan fingerprint density at radius 2 is 2.24 bits per heavy atom. The Morgan fingerprint density at radius 3 is 2.90 bits per heavy atom. The maximum Gasteiger partial charge on any atom is 0.363 e. The number of nitrogens with zero attached hydrogens (tertiary/aromatic N) is 1. The number of cyclic esters (lactones) is 1. The highest BCUT2D eigenvalue weighted by atomic mass is 35.5. The summed E-state index contributed by atoms with van der Waals surface area (Å²) in [6, 6.07) is 8.90. The molecule has 1 aromatic heterocycles. The van der Waals surface area contributed by atoms with E-state index in [1.54, 1.807) is 31.4 Å². The van der Waals surface area contributed by atoms with Crippen LogP contribution in [0, 0.1) is 0 Å². The largest absolute Gasteiger partial charge is 0.497 e. The summed E-state index contributed by atoms with van der Waals surface area (Å²) in [6.07, 6.45) is 1.69. The van der Waals surface area contributed by atoms with Crippen molar-refractivity contribution in [2.24, 2.45) is 4.99 Å². The third-order valence-electron chi connectivity index (χ3n) is 2.85. The van der Waals surface area contributed by atoms with Crippen molar-refractivity contribution in [3.05, 3.63) is 56.9 Å². The molecule has 0 radical (unpaired) electrons. The zero-order chi connectivity index (χ0) is 14.8. The average molecular weight is 320 g/mol. The molecule has 106 valence electrons. The molecule has 0 spiro atoms. The first-order valence-corrected chi connectivity index (χ1v) is 7.33. The van der Waals surface area contributed by atoms with E-state index < -0.39 is 5.97 Å². The number of methoxy groups -OCH3 is 1. The summed E-state index contributed by atoms with van der Waals surface area (Å²) in [7, 11) is 1.56. The van der Waals surface area contributed by atoms with E-state index in [0.29, 0.717) is 16.3 Å². The highest BCUT2D eigenvalue weighted by molar-refractivity contribution is 7.10. The molecule has 0 saturated heterocycles. The second kappa shape index (κ2) is 5.71. The summed E-state index contributed by atoms with van der Waals surface area (Å²) in [5.74, 6) is 0.351. The van der Waals surface area contributed by atoms with Crippen molar-refractivity contribution in [3.8, 4) is 5.75 Å². The Labute approximate surface area is 130 Å². The van der Waals surface area contributed by atoms with E-state index in [1.807, 2.05) is 17.5 Å². The molecule has 0 saturated carbocycles. The second-order valence-corrected chi connectivity index (χ2v) is 5.58. The third kappa shape index (κ3) is 2.84. The van der Waals surface area contributed by atoms with Gasteiger partial charge in [-0.1, -0.05) is 17.7 Å². The number of thiophene rings is 1. The lowest BCUT2D eigenvalue weighted by molar-refractivity contribution is -0.129. The molecule has 0 unspecified atom stereocenters. The molecule has 21 heavy (non-hydrogen) atoms. The molecule has 0 amide bonds. The molecular formula is C15H10ClNO3S. The first-order chi connectivity index (χ1) is 10.2. The van der Waals surface area contributed by atoms with Crippen LogP contribution in [0.5, 0.6) is 5.75 Å². The average Bonchev–Trinajstić information content (AvgIpc) is 3.10. The number of hydrogen-bond donors (Lipinski definition) is 0. The Hall–Kier alpha value is -2.11. The van der Waals surface area contributed by atoms with Crippen LogP contribution in [0.15, 0.2) is 46.4 Å².